The number of nitrogens with zero attached hydrogens (tertiary/aromatic N) is 1. The first-order chi connectivity index (χ1) is 9.76. The Morgan fingerprint density at radius 2 is 2.25 bits per heavy atom. The van der Waals surface area contributed by atoms with Crippen molar-refractivity contribution in [2.45, 2.75) is 38.7 Å². The molecule has 4 heteroatoms. The van der Waals surface area contributed by atoms with Gasteiger partial charge in [-0.1, -0.05) is 19.1 Å². The standard InChI is InChI=1S/C16H20FNOS/c1-3-13(19-2)8-4-6-12-7-5-9-14(16(12)17)15-10-20-11-18-15/h5,7,9-11,13H,3-4,6,8H2,1-2H3. The summed E-state index contributed by atoms with van der Waals surface area (Å²) < 4.78 is 19.8. The fourth-order valence-electron chi connectivity index (χ4n) is 2.33. The van der Waals surface area contributed by atoms with E-state index in [4.69, 9.17) is 4.74 Å². The summed E-state index contributed by atoms with van der Waals surface area (Å²) in [6.45, 7) is 2.11. The van der Waals surface area contributed by atoms with Gasteiger partial charge in [-0.15, -0.1) is 11.3 Å². The zero-order valence-corrected chi connectivity index (χ0v) is 12.8. The van der Waals surface area contributed by atoms with Gasteiger partial charge in [0.25, 0.3) is 0 Å². The lowest BCUT2D eigenvalue weighted by Gasteiger charge is -2.13. The molecule has 1 aromatic heterocycles. The lowest BCUT2D eigenvalue weighted by Crippen LogP contribution is -2.09. The fourth-order valence-corrected chi connectivity index (χ4v) is 2.88. The highest BCUT2D eigenvalue weighted by atomic mass is 32.1. The Morgan fingerprint density at radius 3 is 2.90 bits per heavy atom. The van der Waals surface area contributed by atoms with Gasteiger partial charge >= 0.3 is 0 Å². The van der Waals surface area contributed by atoms with Gasteiger partial charge in [0.15, 0.2) is 0 Å². The van der Waals surface area contributed by atoms with Gasteiger partial charge in [-0.2, -0.15) is 0 Å². The van der Waals surface area contributed by atoms with Crippen LogP contribution < -0.4 is 0 Å². The summed E-state index contributed by atoms with van der Waals surface area (Å²) in [7, 11) is 1.73. The molecule has 0 N–H and O–H groups in total. The molecule has 1 aromatic carbocycles. The van der Waals surface area contributed by atoms with Gasteiger partial charge in [0, 0.05) is 18.1 Å². The van der Waals surface area contributed by atoms with Crippen LogP contribution >= 0.6 is 11.3 Å². The molecular weight excluding hydrogens is 273 g/mol. The normalized spacial score (nSPS) is 12.6. The molecule has 0 aliphatic carbocycles. The number of ether oxygens (including phenoxy) is 1. The minimum Gasteiger partial charge on any atom is -0.381 e. The average molecular weight is 293 g/mol. The van der Waals surface area contributed by atoms with Crippen molar-refractivity contribution < 1.29 is 9.13 Å². The number of rotatable bonds is 7. The second-order valence-corrected chi connectivity index (χ2v) is 5.53. The Morgan fingerprint density at radius 1 is 1.40 bits per heavy atom. The molecule has 20 heavy (non-hydrogen) atoms. The van der Waals surface area contributed by atoms with Crippen LogP contribution in [0.15, 0.2) is 29.1 Å². The summed E-state index contributed by atoms with van der Waals surface area (Å²) in [5, 5.41) is 1.88. The SMILES string of the molecule is CCC(CCCc1cccc(-c2cscn2)c1F)OC. The number of hydrogen-bond acceptors (Lipinski definition) is 3. The number of hydrogen-bond donors (Lipinski definition) is 0. The Bertz CT molecular complexity index is 523. The lowest BCUT2D eigenvalue weighted by molar-refractivity contribution is 0.0904. The Kier molecular flexibility index (Phi) is 5.68. The fraction of sp³-hybridized carbons (Fsp3) is 0.438. The van der Waals surface area contributed by atoms with Crippen LogP contribution in [-0.4, -0.2) is 18.2 Å². The molecule has 0 spiro atoms. The molecule has 0 aliphatic heterocycles. The third kappa shape index (κ3) is 3.64. The maximum atomic E-state index is 14.5. The molecule has 108 valence electrons. The van der Waals surface area contributed by atoms with Crippen LogP contribution in [0.25, 0.3) is 11.3 Å². The predicted molar refractivity (Wildman–Crippen MR) is 81.5 cm³/mol. The number of halogens is 1. The maximum absolute atomic E-state index is 14.5. The number of thiazole rings is 1. The monoisotopic (exact) mass is 293 g/mol. The predicted octanol–water partition coefficient (Wildman–Crippen LogP) is 4.70. The first kappa shape index (κ1) is 15.1. The average Bonchev–Trinajstić information content (AvgIpc) is 2.99. The van der Waals surface area contributed by atoms with E-state index in [9.17, 15) is 4.39 Å². The van der Waals surface area contributed by atoms with Crippen molar-refractivity contribution in [1.82, 2.24) is 4.98 Å². The van der Waals surface area contributed by atoms with Crippen LogP contribution in [0.4, 0.5) is 4.39 Å². The summed E-state index contributed by atoms with van der Waals surface area (Å²) in [5.41, 5.74) is 3.81. The van der Waals surface area contributed by atoms with Gasteiger partial charge in [-0.05, 0) is 37.3 Å². The van der Waals surface area contributed by atoms with Crippen molar-refractivity contribution in [1.29, 1.82) is 0 Å². The summed E-state index contributed by atoms with van der Waals surface area (Å²) in [6, 6.07) is 5.55. The maximum Gasteiger partial charge on any atom is 0.135 e. The first-order valence-electron chi connectivity index (χ1n) is 6.95. The summed E-state index contributed by atoms with van der Waals surface area (Å²) in [6.07, 6.45) is 3.92. The van der Waals surface area contributed by atoms with Gasteiger partial charge in [-0.3, -0.25) is 0 Å². The molecule has 0 aliphatic rings. The zero-order chi connectivity index (χ0) is 14.4. The van der Waals surface area contributed by atoms with E-state index in [2.05, 4.69) is 11.9 Å². The van der Waals surface area contributed by atoms with Gasteiger partial charge < -0.3 is 4.74 Å². The van der Waals surface area contributed by atoms with Crippen molar-refractivity contribution in [3.05, 3.63) is 40.5 Å². The third-order valence-electron chi connectivity index (χ3n) is 3.55. The molecule has 1 atom stereocenters. The molecule has 1 unspecified atom stereocenters. The van der Waals surface area contributed by atoms with E-state index in [0.717, 1.165) is 36.9 Å². The van der Waals surface area contributed by atoms with Crippen LogP contribution in [0, 0.1) is 5.82 Å². The topological polar surface area (TPSA) is 22.1 Å². The Hall–Kier alpha value is -1.26. The lowest BCUT2D eigenvalue weighted by atomic mass is 10.0. The molecule has 0 saturated heterocycles. The Balaban J connectivity index is 2.04. The van der Waals surface area contributed by atoms with Gasteiger partial charge in [0.1, 0.15) is 5.82 Å². The molecular formula is C16H20FNOS. The first-order valence-corrected chi connectivity index (χ1v) is 7.89. The van der Waals surface area contributed by atoms with Crippen molar-refractivity contribution in [2.75, 3.05) is 7.11 Å². The smallest absolute Gasteiger partial charge is 0.135 e. The second-order valence-electron chi connectivity index (χ2n) is 4.81. The molecule has 2 nitrogen and oxygen atoms in total. The van der Waals surface area contributed by atoms with E-state index < -0.39 is 0 Å². The van der Waals surface area contributed by atoms with Crippen molar-refractivity contribution in [2.24, 2.45) is 0 Å². The summed E-state index contributed by atoms with van der Waals surface area (Å²) in [4.78, 5) is 4.18. The van der Waals surface area contributed by atoms with Crippen LogP contribution in [0.3, 0.4) is 0 Å². The highest BCUT2D eigenvalue weighted by molar-refractivity contribution is 7.07. The van der Waals surface area contributed by atoms with Crippen molar-refractivity contribution in [3.63, 3.8) is 0 Å². The van der Waals surface area contributed by atoms with Crippen molar-refractivity contribution in [3.8, 4) is 11.3 Å². The molecule has 1 heterocycles. The number of benzene rings is 1. The van der Waals surface area contributed by atoms with Crippen LogP contribution in [0.1, 0.15) is 31.7 Å². The largest absolute Gasteiger partial charge is 0.381 e. The van der Waals surface area contributed by atoms with E-state index in [1.54, 1.807) is 18.7 Å². The van der Waals surface area contributed by atoms with E-state index in [1.165, 1.54) is 11.3 Å². The minimum absolute atomic E-state index is 0.135. The third-order valence-corrected chi connectivity index (χ3v) is 4.13. The number of methoxy groups -OCH3 is 1. The summed E-state index contributed by atoms with van der Waals surface area (Å²) in [5.74, 6) is -0.135. The molecule has 2 aromatic rings. The number of aryl methyl sites for hydroxylation is 1. The highest BCUT2D eigenvalue weighted by Crippen LogP contribution is 2.25. The van der Waals surface area contributed by atoms with Gasteiger partial charge in [0.2, 0.25) is 0 Å². The van der Waals surface area contributed by atoms with E-state index >= 15 is 0 Å². The zero-order valence-electron chi connectivity index (χ0n) is 11.9. The minimum atomic E-state index is -0.135. The second kappa shape index (κ2) is 7.50. The molecule has 0 fully saturated rings. The quantitative estimate of drug-likeness (QED) is 0.738. The molecule has 0 radical (unpaired) electrons. The highest BCUT2D eigenvalue weighted by Gasteiger charge is 2.12. The van der Waals surface area contributed by atoms with Crippen LogP contribution in [-0.2, 0) is 11.2 Å². The molecule has 0 amide bonds. The van der Waals surface area contributed by atoms with Gasteiger partial charge in [0.05, 0.1) is 17.3 Å². The van der Waals surface area contributed by atoms with Crippen molar-refractivity contribution >= 4 is 11.3 Å². The Labute approximate surface area is 123 Å². The van der Waals surface area contributed by atoms with E-state index in [-0.39, 0.29) is 11.9 Å². The van der Waals surface area contributed by atoms with E-state index in [0.29, 0.717) is 5.56 Å². The number of aromatic nitrogens is 1. The van der Waals surface area contributed by atoms with E-state index in [1.807, 2.05) is 17.5 Å². The molecule has 2 rings (SSSR count). The summed E-state index contributed by atoms with van der Waals surface area (Å²) >= 11 is 1.48. The molecule has 0 bridgehead atoms. The molecule has 0 saturated carbocycles. The van der Waals surface area contributed by atoms with Gasteiger partial charge in [-0.25, -0.2) is 9.37 Å². The van der Waals surface area contributed by atoms with Crippen LogP contribution in [0.5, 0.6) is 0 Å². The van der Waals surface area contributed by atoms with Crippen LogP contribution in [0.2, 0.25) is 0 Å².